The number of hydrogen-bond acceptors (Lipinski definition) is 2. The van der Waals surface area contributed by atoms with E-state index in [4.69, 9.17) is 0 Å². The summed E-state index contributed by atoms with van der Waals surface area (Å²) in [6.45, 7) is 0. The predicted molar refractivity (Wildman–Crippen MR) is 77.3 cm³/mol. The first-order chi connectivity index (χ1) is 7.58. The Morgan fingerprint density at radius 2 is 1.81 bits per heavy atom. The maximum atomic E-state index is 12.1. The van der Waals surface area contributed by atoms with E-state index >= 15 is 0 Å². The molecular formula is C11H5Br3OS. The van der Waals surface area contributed by atoms with Crippen molar-refractivity contribution in [3.05, 3.63) is 53.5 Å². The number of benzene rings is 1. The molecule has 0 radical (unpaired) electrons. The molecule has 1 aromatic carbocycles. The minimum Gasteiger partial charge on any atom is -0.288 e. The van der Waals surface area contributed by atoms with Crippen LogP contribution in [0.15, 0.2) is 43.1 Å². The number of halogens is 3. The lowest BCUT2D eigenvalue weighted by Crippen LogP contribution is -1.99. The van der Waals surface area contributed by atoms with Gasteiger partial charge in [-0.05, 0) is 62.2 Å². The highest BCUT2D eigenvalue weighted by molar-refractivity contribution is 9.11. The maximum absolute atomic E-state index is 12.1. The van der Waals surface area contributed by atoms with E-state index in [1.165, 1.54) is 11.3 Å². The van der Waals surface area contributed by atoms with Crippen molar-refractivity contribution in [1.82, 2.24) is 0 Å². The molecule has 0 aliphatic carbocycles. The average Bonchev–Trinajstić information content (AvgIpc) is 2.64. The molecule has 82 valence electrons. The van der Waals surface area contributed by atoms with Gasteiger partial charge in [0.1, 0.15) is 0 Å². The fourth-order valence-electron chi connectivity index (χ4n) is 1.24. The molecule has 2 aromatic rings. The molecule has 2 rings (SSSR count). The van der Waals surface area contributed by atoms with Gasteiger partial charge in [-0.2, -0.15) is 0 Å². The summed E-state index contributed by atoms with van der Waals surface area (Å²) in [6, 6.07) is 9.25. The van der Waals surface area contributed by atoms with Crippen LogP contribution in [0.4, 0.5) is 0 Å². The van der Waals surface area contributed by atoms with E-state index in [0.717, 1.165) is 17.6 Å². The topological polar surface area (TPSA) is 17.1 Å². The van der Waals surface area contributed by atoms with Crippen molar-refractivity contribution in [3.63, 3.8) is 0 Å². The zero-order chi connectivity index (χ0) is 11.7. The van der Waals surface area contributed by atoms with Crippen LogP contribution < -0.4 is 0 Å². The molecule has 0 aliphatic rings. The Morgan fingerprint density at radius 1 is 1.06 bits per heavy atom. The third kappa shape index (κ3) is 2.64. The molecule has 0 aliphatic heterocycles. The van der Waals surface area contributed by atoms with Gasteiger partial charge in [0, 0.05) is 14.5 Å². The van der Waals surface area contributed by atoms with E-state index in [0.29, 0.717) is 5.56 Å². The van der Waals surface area contributed by atoms with Crippen LogP contribution in [0, 0.1) is 0 Å². The van der Waals surface area contributed by atoms with Crippen LogP contribution in [-0.4, -0.2) is 5.78 Å². The lowest BCUT2D eigenvalue weighted by molar-refractivity contribution is 0.104. The fraction of sp³-hybridized carbons (Fsp3) is 0. The lowest BCUT2D eigenvalue weighted by Gasteiger charge is -2.02. The predicted octanol–water partition coefficient (Wildman–Crippen LogP) is 5.27. The van der Waals surface area contributed by atoms with Crippen LogP contribution in [0.1, 0.15) is 15.2 Å². The highest BCUT2D eigenvalue weighted by Gasteiger charge is 2.14. The Kier molecular flexibility index (Phi) is 4.00. The largest absolute Gasteiger partial charge is 0.288 e. The molecule has 1 nitrogen and oxygen atoms in total. The smallest absolute Gasteiger partial charge is 0.204 e. The highest BCUT2D eigenvalue weighted by atomic mass is 79.9. The van der Waals surface area contributed by atoms with E-state index in [1.54, 1.807) is 0 Å². The van der Waals surface area contributed by atoms with Crippen molar-refractivity contribution in [2.45, 2.75) is 0 Å². The molecule has 0 bridgehead atoms. The molecule has 0 spiro atoms. The van der Waals surface area contributed by atoms with E-state index in [-0.39, 0.29) is 5.78 Å². The standard InChI is InChI=1S/C11H5Br3OS/c12-6-1-2-7(8(13)5-6)11(15)9-3-4-10(14)16-9/h1-5H. The number of thiophene rings is 1. The van der Waals surface area contributed by atoms with Crippen molar-refractivity contribution in [2.24, 2.45) is 0 Å². The number of carbonyl (C=O) groups excluding carboxylic acids is 1. The van der Waals surface area contributed by atoms with Crippen molar-refractivity contribution >= 4 is 64.9 Å². The van der Waals surface area contributed by atoms with Gasteiger partial charge in [-0.25, -0.2) is 0 Å². The van der Waals surface area contributed by atoms with Crippen LogP contribution in [0.5, 0.6) is 0 Å². The SMILES string of the molecule is O=C(c1ccc(Br)s1)c1ccc(Br)cc1Br. The quantitative estimate of drug-likeness (QED) is 0.600. The second-order valence-corrected chi connectivity index (χ2v) is 7.29. The summed E-state index contributed by atoms with van der Waals surface area (Å²) in [5.74, 6) is 0.0371. The van der Waals surface area contributed by atoms with Gasteiger partial charge in [-0.15, -0.1) is 11.3 Å². The molecule has 0 fully saturated rings. The molecule has 5 heteroatoms. The number of rotatable bonds is 2. The Labute approximate surface area is 122 Å². The molecule has 0 saturated carbocycles. The number of carbonyl (C=O) groups is 1. The first kappa shape index (κ1) is 12.5. The molecule has 0 amide bonds. The van der Waals surface area contributed by atoms with Crippen LogP contribution in [0.25, 0.3) is 0 Å². The second-order valence-electron chi connectivity index (χ2n) is 3.06. The monoisotopic (exact) mass is 422 g/mol. The lowest BCUT2D eigenvalue weighted by atomic mass is 10.1. The second kappa shape index (κ2) is 5.12. The van der Waals surface area contributed by atoms with Crippen LogP contribution in [0.2, 0.25) is 0 Å². The molecule has 0 saturated heterocycles. The van der Waals surface area contributed by atoms with Crippen molar-refractivity contribution in [2.75, 3.05) is 0 Å². The van der Waals surface area contributed by atoms with Gasteiger partial charge in [-0.3, -0.25) is 4.79 Å². The molecule has 16 heavy (non-hydrogen) atoms. The van der Waals surface area contributed by atoms with Crippen molar-refractivity contribution in [1.29, 1.82) is 0 Å². The minimum atomic E-state index is 0.0371. The van der Waals surface area contributed by atoms with Crippen molar-refractivity contribution in [3.8, 4) is 0 Å². The van der Waals surface area contributed by atoms with E-state index in [9.17, 15) is 4.79 Å². The summed E-state index contributed by atoms with van der Waals surface area (Å²) >= 11 is 11.5. The van der Waals surface area contributed by atoms with Gasteiger partial charge in [0.25, 0.3) is 0 Å². The Balaban J connectivity index is 2.41. The van der Waals surface area contributed by atoms with Crippen LogP contribution >= 0.6 is 59.1 Å². The zero-order valence-electron chi connectivity index (χ0n) is 7.84. The van der Waals surface area contributed by atoms with Gasteiger partial charge in [0.2, 0.25) is 5.78 Å². The van der Waals surface area contributed by atoms with Gasteiger partial charge < -0.3 is 0 Å². The summed E-state index contributed by atoms with van der Waals surface area (Å²) in [5.41, 5.74) is 0.678. The first-order valence-electron chi connectivity index (χ1n) is 4.33. The molecule has 0 atom stereocenters. The maximum Gasteiger partial charge on any atom is 0.204 e. The van der Waals surface area contributed by atoms with Crippen molar-refractivity contribution < 1.29 is 4.79 Å². The highest BCUT2D eigenvalue weighted by Crippen LogP contribution is 2.28. The zero-order valence-corrected chi connectivity index (χ0v) is 13.4. The van der Waals surface area contributed by atoms with Gasteiger partial charge in [-0.1, -0.05) is 15.9 Å². The number of hydrogen-bond donors (Lipinski definition) is 0. The minimum absolute atomic E-state index is 0.0371. The van der Waals surface area contributed by atoms with Gasteiger partial charge in [0.05, 0.1) is 8.66 Å². The van der Waals surface area contributed by atoms with E-state index < -0.39 is 0 Å². The van der Waals surface area contributed by atoms with Gasteiger partial charge >= 0.3 is 0 Å². The third-order valence-electron chi connectivity index (χ3n) is 1.97. The summed E-state index contributed by atoms with van der Waals surface area (Å²) in [6.07, 6.45) is 0. The molecule has 0 N–H and O–H groups in total. The van der Waals surface area contributed by atoms with E-state index in [1.807, 2.05) is 30.3 Å². The van der Waals surface area contributed by atoms with E-state index in [2.05, 4.69) is 47.8 Å². The fourth-order valence-corrected chi connectivity index (χ4v) is 3.81. The Morgan fingerprint density at radius 3 is 2.38 bits per heavy atom. The third-order valence-corrected chi connectivity index (χ3v) is 4.74. The normalized spacial score (nSPS) is 10.4. The average molecular weight is 425 g/mol. The van der Waals surface area contributed by atoms with Crippen LogP contribution in [-0.2, 0) is 0 Å². The first-order valence-corrected chi connectivity index (χ1v) is 7.52. The molecule has 1 aromatic heterocycles. The van der Waals surface area contributed by atoms with Gasteiger partial charge in [0.15, 0.2) is 0 Å². The summed E-state index contributed by atoms with van der Waals surface area (Å²) in [7, 11) is 0. The summed E-state index contributed by atoms with van der Waals surface area (Å²) < 4.78 is 2.71. The molecule has 0 unspecified atom stereocenters. The Bertz CT molecular complexity index is 548. The molecular weight excluding hydrogens is 420 g/mol. The summed E-state index contributed by atoms with van der Waals surface area (Å²) in [4.78, 5) is 12.9. The van der Waals surface area contributed by atoms with Crippen LogP contribution in [0.3, 0.4) is 0 Å². The molecule has 1 heterocycles. The Hall–Kier alpha value is 0.0300. The summed E-state index contributed by atoms with van der Waals surface area (Å²) in [5, 5.41) is 0. The number of ketones is 1.